The molecule has 5 nitrogen and oxygen atoms in total. The molecule has 0 unspecified atom stereocenters. The molecule has 3 rings (SSSR count). The first kappa shape index (κ1) is 13.9. The van der Waals surface area contributed by atoms with Gasteiger partial charge in [-0.15, -0.1) is 23.1 Å². The molecule has 1 aromatic heterocycles. The fourth-order valence-electron chi connectivity index (χ4n) is 2.47. The molecule has 7 heteroatoms. The molecule has 20 heavy (non-hydrogen) atoms. The standard InChI is InChI=1S/C13H17N3O2S2/c1-8-2-3-9-10(4-8)20-13(14-9)15-11(17)5-16-7-19-6-12(16)18/h8H,2-7H2,1H3,(H,14,15,17)/t8-/m1/s1. The average Bonchev–Trinajstić information content (AvgIpc) is 2.95. The number of anilines is 1. The highest BCUT2D eigenvalue weighted by Gasteiger charge is 2.24. The largest absolute Gasteiger partial charge is 0.323 e. The second kappa shape index (κ2) is 5.73. The maximum absolute atomic E-state index is 11.9. The molecule has 1 aliphatic heterocycles. The first-order valence-electron chi connectivity index (χ1n) is 6.76. The molecule has 1 atom stereocenters. The van der Waals surface area contributed by atoms with Crippen molar-refractivity contribution in [2.24, 2.45) is 5.92 Å². The number of carbonyl (C=O) groups excluding carboxylic acids is 2. The molecule has 108 valence electrons. The van der Waals surface area contributed by atoms with Gasteiger partial charge in [0.2, 0.25) is 11.8 Å². The van der Waals surface area contributed by atoms with E-state index in [-0.39, 0.29) is 18.4 Å². The van der Waals surface area contributed by atoms with Crippen LogP contribution in [-0.2, 0) is 22.4 Å². The molecule has 2 aliphatic rings. The monoisotopic (exact) mass is 311 g/mol. The van der Waals surface area contributed by atoms with Crippen LogP contribution in [0.15, 0.2) is 0 Å². The van der Waals surface area contributed by atoms with Gasteiger partial charge in [-0.05, 0) is 25.2 Å². The number of aromatic nitrogens is 1. The Morgan fingerprint density at radius 1 is 1.55 bits per heavy atom. The van der Waals surface area contributed by atoms with Crippen molar-refractivity contribution in [3.8, 4) is 0 Å². The van der Waals surface area contributed by atoms with Crippen molar-refractivity contribution < 1.29 is 9.59 Å². The van der Waals surface area contributed by atoms with Gasteiger partial charge in [-0.3, -0.25) is 9.59 Å². The van der Waals surface area contributed by atoms with Gasteiger partial charge in [0, 0.05) is 4.88 Å². The normalized spacial score (nSPS) is 21.9. The average molecular weight is 311 g/mol. The van der Waals surface area contributed by atoms with E-state index in [9.17, 15) is 9.59 Å². The number of aryl methyl sites for hydroxylation is 1. The second-order valence-electron chi connectivity index (χ2n) is 5.35. The summed E-state index contributed by atoms with van der Waals surface area (Å²) in [5.41, 5.74) is 1.14. The van der Waals surface area contributed by atoms with Crippen LogP contribution in [0.25, 0.3) is 0 Å². The first-order chi connectivity index (χ1) is 9.61. The van der Waals surface area contributed by atoms with Crippen molar-refractivity contribution in [3.63, 3.8) is 0 Å². The molecule has 0 aromatic carbocycles. The summed E-state index contributed by atoms with van der Waals surface area (Å²) in [6, 6.07) is 0. The van der Waals surface area contributed by atoms with Crippen molar-refractivity contribution in [1.82, 2.24) is 9.88 Å². The summed E-state index contributed by atoms with van der Waals surface area (Å²) in [7, 11) is 0. The molecule has 1 saturated heterocycles. The maximum Gasteiger partial charge on any atom is 0.245 e. The lowest BCUT2D eigenvalue weighted by Crippen LogP contribution is -2.34. The van der Waals surface area contributed by atoms with E-state index in [1.54, 1.807) is 28.0 Å². The number of nitrogens with one attached hydrogen (secondary N) is 1. The lowest BCUT2D eigenvalue weighted by molar-refractivity contribution is -0.130. The maximum atomic E-state index is 11.9. The highest BCUT2D eigenvalue weighted by molar-refractivity contribution is 8.00. The Balaban J connectivity index is 1.60. The smallest absolute Gasteiger partial charge is 0.245 e. The summed E-state index contributed by atoms with van der Waals surface area (Å²) < 4.78 is 0. The summed E-state index contributed by atoms with van der Waals surface area (Å²) in [5, 5.41) is 3.50. The summed E-state index contributed by atoms with van der Waals surface area (Å²) in [6.45, 7) is 2.38. The molecule has 2 heterocycles. The SMILES string of the molecule is C[C@@H]1CCc2nc(NC(=O)CN3CSCC3=O)sc2C1. The zero-order chi connectivity index (χ0) is 14.1. The van der Waals surface area contributed by atoms with Gasteiger partial charge < -0.3 is 10.2 Å². The number of nitrogens with zero attached hydrogens (tertiary/aromatic N) is 2. The molecular weight excluding hydrogens is 294 g/mol. The predicted octanol–water partition coefficient (Wildman–Crippen LogP) is 1.74. The van der Waals surface area contributed by atoms with Crippen LogP contribution in [0.5, 0.6) is 0 Å². The minimum Gasteiger partial charge on any atom is -0.323 e. The lowest BCUT2D eigenvalue weighted by Gasteiger charge is -2.15. The Hall–Kier alpha value is -1.08. The van der Waals surface area contributed by atoms with E-state index in [1.807, 2.05) is 0 Å². The number of thiazole rings is 1. The van der Waals surface area contributed by atoms with Crippen LogP contribution in [0.4, 0.5) is 5.13 Å². The molecule has 0 saturated carbocycles. The van der Waals surface area contributed by atoms with Gasteiger partial charge in [-0.1, -0.05) is 6.92 Å². The summed E-state index contributed by atoms with van der Waals surface area (Å²) >= 11 is 3.12. The van der Waals surface area contributed by atoms with Gasteiger partial charge in [0.05, 0.1) is 17.3 Å². The summed E-state index contributed by atoms with van der Waals surface area (Å²) in [5.74, 6) is 1.68. The summed E-state index contributed by atoms with van der Waals surface area (Å²) in [6.07, 6.45) is 3.23. The number of rotatable bonds is 3. The predicted molar refractivity (Wildman–Crippen MR) is 81.0 cm³/mol. The number of carbonyl (C=O) groups is 2. The molecule has 1 aliphatic carbocycles. The van der Waals surface area contributed by atoms with Gasteiger partial charge in [-0.2, -0.15) is 0 Å². The van der Waals surface area contributed by atoms with Gasteiger partial charge in [0.25, 0.3) is 0 Å². The van der Waals surface area contributed by atoms with Crippen LogP contribution < -0.4 is 5.32 Å². The minimum absolute atomic E-state index is 0.0393. The number of hydrogen-bond donors (Lipinski definition) is 1. The van der Waals surface area contributed by atoms with Crippen molar-refractivity contribution >= 4 is 40.0 Å². The van der Waals surface area contributed by atoms with E-state index < -0.39 is 0 Å². The zero-order valence-electron chi connectivity index (χ0n) is 11.3. The van der Waals surface area contributed by atoms with E-state index >= 15 is 0 Å². The van der Waals surface area contributed by atoms with Crippen molar-refractivity contribution in [2.75, 3.05) is 23.5 Å². The fraction of sp³-hybridized carbons (Fsp3) is 0.615. The minimum atomic E-state index is -0.153. The summed E-state index contributed by atoms with van der Waals surface area (Å²) in [4.78, 5) is 30.8. The molecule has 1 N–H and O–H groups in total. The number of fused-ring (bicyclic) bond motifs is 1. The Morgan fingerprint density at radius 2 is 2.40 bits per heavy atom. The Bertz CT molecular complexity index is 544. The van der Waals surface area contributed by atoms with E-state index in [0.29, 0.717) is 22.7 Å². The Labute approximate surface area is 126 Å². The number of amides is 2. The van der Waals surface area contributed by atoms with E-state index in [4.69, 9.17) is 0 Å². The van der Waals surface area contributed by atoms with Crippen LogP contribution in [-0.4, -0.2) is 39.9 Å². The van der Waals surface area contributed by atoms with Gasteiger partial charge in [-0.25, -0.2) is 4.98 Å². The van der Waals surface area contributed by atoms with Crippen LogP contribution in [0, 0.1) is 5.92 Å². The highest BCUT2D eigenvalue weighted by atomic mass is 32.2. The Morgan fingerprint density at radius 3 is 3.15 bits per heavy atom. The topological polar surface area (TPSA) is 62.3 Å². The zero-order valence-corrected chi connectivity index (χ0v) is 13.0. The lowest BCUT2D eigenvalue weighted by atomic mass is 9.93. The molecule has 0 radical (unpaired) electrons. The molecule has 1 fully saturated rings. The molecule has 2 amide bonds. The molecule has 1 aromatic rings. The van der Waals surface area contributed by atoms with Crippen molar-refractivity contribution in [1.29, 1.82) is 0 Å². The molecule has 0 bridgehead atoms. The van der Waals surface area contributed by atoms with E-state index in [1.165, 1.54) is 11.3 Å². The molecule has 0 spiro atoms. The second-order valence-corrected chi connectivity index (χ2v) is 7.39. The van der Waals surface area contributed by atoms with Crippen molar-refractivity contribution in [3.05, 3.63) is 10.6 Å². The van der Waals surface area contributed by atoms with Crippen LogP contribution in [0.3, 0.4) is 0 Å². The van der Waals surface area contributed by atoms with Gasteiger partial charge in [0.1, 0.15) is 6.54 Å². The van der Waals surface area contributed by atoms with E-state index in [2.05, 4.69) is 17.2 Å². The number of thioether (sulfide) groups is 1. The number of hydrogen-bond acceptors (Lipinski definition) is 5. The third kappa shape index (κ3) is 2.98. The van der Waals surface area contributed by atoms with Crippen LogP contribution in [0.2, 0.25) is 0 Å². The Kier molecular flexibility index (Phi) is 3.98. The van der Waals surface area contributed by atoms with Gasteiger partial charge in [0.15, 0.2) is 5.13 Å². The van der Waals surface area contributed by atoms with Crippen molar-refractivity contribution in [2.45, 2.75) is 26.2 Å². The van der Waals surface area contributed by atoms with Crippen LogP contribution >= 0.6 is 23.1 Å². The van der Waals surface area contributed by atoms with E-state index in [0.717, 1.165) is 18.5 Å². The quantitative estimate of drug-likeness (QED) is 0.923. The third-order valence-corrected chi connectivity index (χ3v) is 5.57. The van der Waals surface area contributed by atoms with Gasteiger partial charge >= 0.3 is 0 Å². The fourth-order valence-corrected chi connectivity index (χ4v) is 4.56. The third-order valence-electron chi connectivity index (χ3n) is 3.59. The van der Waals surface area contributed by atoms with Crippen LogP contribution in [0.1, 0.15) is 23.9 Å². The molecular formula is C13H17N3O2S2. The first-order valence-corrected chi connectivity index (χ1v) is 8.73. The highest BCUT2D eigenvalue weighted by Crippen LogP contribution is 2.32.